The molecule has 1 N–H and O–H groups in total. The molecule has 0 aliphatic carbocycles. The summed E-state index contributed by atoms with van der Waals surface area (Å²) in [6.45, 7) is 3.78. The van der Waals surface area contributed by atoms with Crippen molar-refractivity contribution in [1.82, 2.24) is 10.3 Å². The summed E-state index contributed by atoms with van der Waals surface area (Å²) in [5.41, 5.74) is 2.88. The van der Waals surface area contributed by atoms with Gasteiger partial charge in [0.2, 0.25) is 5.91 Å². The Kier molecular flexibility index (Phi) is 2.39. The van der Waals surface area contributed by atoms with E-state index < -0.39 is 6.04 Å². The van der Waals surface area contributed by atoms with E-state index >= 15 is 0 Å². The molecule has 104 valence electrons. The molecule has 2 aliphatic rings. The van der Waals surface area contributed by atoms with E-state index in [1.807, 2.05) is 12.1 Å². The van der Waals surface area contributed by atoms with Crippen molar-refractivity contribution in [2.75, 3.05) is 4.90 Å². The zero-order chi connectivity index (χ0) is 14.6. The van der Waals surface area contributed by atoms with Gasteiger partial charge in [-0.3, -0.25) is 19.5 Å². The quantitative estimate of drug-likeness (QED) is 0.868. The molecule has 1 atom stereocenters. The molecule has 0 spiro atoms. The highest BCUT2D eigenvalue weighted by atomic mass is 16.2. The van der Waals surface area contributed by atoms with Gasteiger partial charge in [-0.1, -0.05) is 12.6 Å². The molecule has 0 radical (unpaired) electrons. The molecular formula is C16H13N3O2. The van der Waals surface area contributed by atoms with E-state index in [1.54, 1.807) is 23.2 Å². The highest BCUT2D eigenvalue weighted by Gasteiger charge is 2.39. The van der Waals surface area contributed by atoms with E-state index in [0.717, 1.165) is 16.6 Å². The third-order valence-electron chi connectivity index (χ3n) is 4.09. The molecule has 0 saturated carbocycles. The summed E-state index contributed by atoms with van der Waals surface area (Å²) in [6, 6.07) is 6.80. The Bertz CT molecular complexity index is 807. The Balaban J connectivity index is 1.86. The van der Waals surface area contributed by atoms with Gasteiger partial charge in [-0.05, 0) is 31.0 Å². The number of carbonyl (C=O) groups excluding carboxylic acids is 2. The Morgan fingerprint density at radius 1 is 1.29 bits per heavy atom. The van der Waals surface area contributed by atoms with Crippen LogP contribution in [0.5, 0.6) is 0 Å². The number of amides is 2. The number of carbonyl (C=O) groups is 2. The third kappa shape index (κ3) is 1.60. The van der Waals surface area contributed by atoms with Crippen LogP contribution >= 0.6 is 0 Å². The first-order valence-electron chi connectivity index (χ1n) is 6.87. The largest absolute Gasteiger partial charge is 0.329 e. The summed E-state index contributed by atoms with van der Waals surface area (Å²) in [7, 11) is 0. The Morgan fingerprint density at radius 3 is 2.95 bits per heavy atom. The minimum atomic E-state index is -0.485. The first kappa shape index (κ1) is 12.1. The number of nitrogens with zero attached hydrogens (tertiary/aromatic N) is 2. The van der Waals surface area contributed by atoms with Crippen molar-refractivity contribution in [3.63, 3.8) is 0 Å². The van der Waals surface area contributed by atoms with E-state index in [-0.39, 0.29) is 11.8 Å². The number of rotatable bonds is 1. The normalized spacial score (nSPS) is 21.0. The van der Waals surface area contributed by atoms with Crippen LogP contribution in [0.15, 0.2) is 42.7 Å². The number of aromatic nitrogens is 1. The summed E-state index contributed by atoms with van der Waals surface area (Å²) in [6.07, 6.45) is 2.95. The summed E-state index contributed by atoms with van der Waals surface area (Å²) < 4.78 is 0. The lowest BCUT2D eigenvalue weighted by Gasteiger charge is -2.31. The van der Waals surface area contributed by atoms with Crippen molar-refractivity contribution in [2.24, 2.45) is 0 Å². The summed E-state index contributed by atoms with van der Waals surface area (Å²) in [4.78, 5) is 30.8. The maximum atomic E-state index is 12.7. The molecule has 5 nitrogen and oxygen atoms in total. The van der Waals surface area contributed by atoms with E-state index in [2.05, 4.69) is 16.9 Å². The standard InChI is InChI=1S/C16H13N3O2/c1-9-5-6-13(15(20)18-9)19-12-7-8-17-11-4-2-3-10(14(11)12)16(19)21/h2-4,7-8,13H,1,5-6H2,(H,18,20). The van der Waals surface area contributed by atoms with Crippen LogP contribution in [0.25, 0.3) is 10.9 Å². The molecule has 4 rings (SSSR count). The summed E-state index contributed by atoms with van der Waals surface area (Å²) in [5, 5.41) is 3.58. The molecule has 5 heteroatoms. The van der Waals surface area contributed by atoms with Gasteiger partial charge in [0.05, 0.1) is 16.8 Å². The SMILES string of the molecule is C=C1CCC(N2C(=O)c3cccc4nccc2c34)C(=O)N1. The van der Waals surface area contributed by atoms with Gasteiger partial charge in [0.25, 0.3) is 5.91 Å². The van der Waals surface area contributed by atoms with E-state index in [9.17, 15) is 9.59 Å². The van der Waals surface area contributed by atoms with Gasteiger partial charge in [0.1, 0.15) is 6.04 Å². The lowest BCUT2D eigenvalue weighted by atomic mass is 10.0. The minimum Gasteiger partial charge on any atom is -0.329 e. The maximum Gasteiger partial charge on any atom is 0.259 e. The van der Waals surface area contributed by atoms with Gasteiger partial charge < -0.3 is 5.32 Å². The van der Waals surface area contributed by atoms with E-state index in [1.165, 1.54) is 0 Å². The molecule has 2 aliphatic heterocycles. The van der Waals surface area contributed by atoms with Gasteiger partial charge in [0.15, 0.2) is 0 Å². The second kappa shape index (κ2) is 4.15. The maximum absolute atomic E-state index is 12.7. The van der Waals surface area contributed by atoms with Gasteiger partial charge in [-0.2, -0.15) is 0 Å². The second-order valence-corrected chi connectivity index (χ2v) is 5.35. The minimum absolute atomic E-state index is 0.128. The Labute approximate surface area is 121 Å². The predicted octanol–water partition coefficient (Wildman–Crippen LogP) is 1.99. The van der Waals surface area contributed by atoms with Crippen LogP contribution in [-0.4, -0.2) is 22.8 Å². The number of allylic oxidation sites excluding steroid dienone is 1. The smallest absolute Gasteiger partial charge is 0.259 e. The number of piperidine rings is 1. The van der Waals surface area contributed by atoms with Crippen LogP contribution in [0.3, 0.4) is 0 Å². The number of hydrogen-bond acceptors (Lipinski definition) is 3. The fraction of sp³-hybridized carbons (Fsp3) is 0.188. The fourth-order valence-corrected chi connectivity index (χ4v) is 3.12. The molecule has 1 aromatic carbocycles. The second-order valence-electron chi connectivity index (χ2n) is 5.35. The van der Waals surface area contributed by atoms with Crippen LogP contribution in [0, 0.1) is 0 Å². The van der Waals surface area contributed by atoms with Crippen LogP contribution in [0.2, 0.25) is 0 Å². The molecule has 1 aromatic heterocycles. The van der Waals surface area contributed by atoms with Crippen LogP contribution in [0.1, 0.15) is 23.2 Å². The fourth-order valence-electron chi connectivity index (χ4n) is 3.12. The third-order valence-corrected chi connectivity index (χ3v) is 4.09. The van der Waals surface area contributed by atoms with Crippen LogP contribution in [0.4, 0.5) is 5.69 Å². The number of anilines is 1. The highest BCUT2D eigenvalue weighted by molar-refractivity contribution is 6.26. The first-order valence-corrected chi connectivity index (χ1v) is 6.87. The van der Waals surface area contributed by atoms with Crippen molar-refractivity contribution in [1.29, 1.82) is 0 Å². The monoisotopic (exact) mass is 279 g/mol. The van der Waals surface area contributed by atoms with Crippen molar-refractivity contribution < 1.29 is 9.59 Å². The lowest BCUT2D eigenvalue weighted by molar-refractivity contribution is -0.122. The molecule has 1 unspecified atom stereocenters. The Morgan fingerprint density at radius 2 is 2.14 bits per heavy atom. The van der Waals surface area contributed by atoms with Gasteiger partial charge in [-0.15, -0.1) is 0 Å². The average molecular weight is 279 g/mol. The first-order chi connectivity index (χ1) is 10.2. The molecule has 21 heavy (non-hydrogen) atoms. The van der Waals surface area contributed by atoms with E-state index in [0.29, 0.717) is 24.1 Å². The van der Waals surface area contributed by atoms with Crippen molar-refractivity contribution >= 4 is 28.4 Å². The van der Waals surface area contributed by atoms with E-state index in [4.69, 9.17) is 0 Å². The molecule has 2 aromatic rings. The topological polar surface area (TPSA) is 62.3 Å². The highest BCUT2D eigenvalue weighted by Crippen LogP contribution is 2.38. The summed E-state index contributed by atoms with van der Waals surface area (Å²) in [5.74, 6) is -0.298. The summed E-state index contributed by atoms with van der Waals surface area (Å²) >= 11 is 0. The molecule has 1 fully saturated rings. The van der Waals surface area contributed by atoms with Crippen LogP contribution < -0.4 is 10.2 Å². The van der Waals surface area contributed by atoms with Crippen molar-refractivity contribution in [3.8, 4) is 0 Å². The molecular weight excluding hydrogens is 266 g/mol. The number of nitrogens with one attached hydrogen (secondary N) is 1. The van der Waals surface area contributed by atoms with Crippen molar-refractivity contribution in [3.05, 3.63) is 48.3 Å². The van der Waals surface area contributed by atoms with Crippen molar-refractivity contribution in [2.45, 2.75) is 18.9 Å². The van der Waals surface area contributed by atoms with Gasteiger partial charge in [-0.25, -0.2) is 0 Å². The molecule has 0 bridgehead atoms. The van der Waals surface area contributed by atoms with Crippen LogP contribution in [-0.2, 0) is 4.79 Å². The Hall–Kier alpha value is -2.69. The average Bonchev–Trinajstić information content (AvgIpc) is 2.75. The zero-order valence-electron chi connectivity index (χ0n) is 11.3. The molecule has 3 heterocycles. The number of pyridine rings is 1. The number of benzene rings is 1. The molecule has 2 amide bonds. The molecule has 1 saturated heterocycles. The lowest BCUT2D eigenvalue weighted by Crippen LogP contribution is -2.51. The van der Waals surface area contributed by atoms with Gasteiger partial charge >= 0.3 is 0 Å². The zero-order valence-corrected chi connectivity index (χ0v) is 11.3. The van der Waals surface area contributed by atoms with Gasteiger partial charge in [0, 0.05) is 17.3 Å². The predicted molar refractivity (Wildman–Crippen MR) is 78.9 cm³/mol. The number of hydrogen-bond donors (Lipinski definition) is 1.